The molecule has 3 nitrogen and oxygen atoms in total. The first-order valence-corrected chi connectivity index (χ1v) is 6.47. The first-order valence-electron chi connectivity index (χ1n) is 6.47. The van der Waals surface area contributed by atoms with Crippen molar-refractivity contribution in [3.8, 4) is 11.5 Å². The molecule has 3 heteroatoms. The minimum absolute atomic E-state index is 0.505. The maximum atomic E-state index is 5.96. The highest BCUT2D eigenvalue weighted by atomic mass is 16.5. The van der Waals surface area contributed by atoms with Gasteiger partial charge in [-0.15, -0.1) is 0 Å². The molecule has 0 amide bonds. The molecule has 2 aromatic carbocycles. The molecule has 0 radical (unpaired) electrons. The lowest BCUT2D eigenvalue weighted by Crippen LogP contribution is -1.98. The molecule has 0 bridgehead atoms. The number of benzene rings is 2. The van der Waals surface area contributed by atoms with E-state index in [4.69, 9.17) is 9.47 Å². The molecule has 3 rings (SSSR count). The lowest BCUT2D eigenvalue weighted by molar-refractivity contribution is 0.288. The Balaban J connectivity index is 1.96. The summed E-state index contributed by atoms with van der Waals surface area (Å²) in [5.41, 5.74) is 2.02. The zero-order valence-corrected chi connectivity index (χ0v) is 11.2. The summed E-state index contributed by atoms with van der Waals surface area (Å²) in [5, 5.41) is 0.961. The summed E-state index contributed by atoms with van der Waals surface area (Å²) in [7, 11) is 1.65. The number of methoxy groups -OCH3 is 1. The smallest absolute Gasteiger partial charge is 0.171 e. The second-order valence-electron chi connectivity index (χ2n) is 4.44. The normalized spacial score (nSPS) is 10.4. The van der Waals surface area contributed by atoms with Crippen LogP contribution in [0.5, 0.6) is 11.5 Å². The quantitative estimate of drug-likeness (QED) is 0.718. The fraction of sp³-hybridized carbons (Fsp3) is 0.118. The van der Waals surface area contributed by atoms with Gasteiger partial charge < -0.3 is 9.47 Å². The summed E-state index contributed by atoms with van der Waals surface area (Å²) in [6.45, 7) is 0.505. The third-order valence-corrected chi connectivity index (χ3v) is 3.15. The number of fused-ring (bicyclic) bond motifs is 1. The van der Waals surface area contributed by atoms with Gasteiger partial charge in [-0.2, -0.15) is 0 Å². The van der Waals surface area contributed by atoms with Crippen LogP contribution < -0.4 is 9.47 Å². The predicted molar refractivity (Wildman–Crippen MR) is 79.1 cm³/mol. The summed E-state index contributed by atoms with van der Waals surface area (Å²) in [4.78, 5) is 4.34. The molecule has 3 aromatic rings. The molecule has 0 atom stereocenters. The number of pyridine rings is 1. The topological polar surface area (TPSA) is 31.4 Å². The molecule has 0 N–H and O–H groups in total. The summed E-state index contributed by atoms with van der Waals surface area (Å²) in [5.74, 6) is 1.46. The van der Waals surface area contributed by atoms with Crippen LogP contribution in [0.25, 0.3) is 10.9 Å². The standard InChI is InChI=1S/C17H15NO2/c1-19-16-10-9-15-14(8-5-11-18-15)17(16)20-12-13-6-3-2-4-7-13/h2-11H,12H2,1H3. The highest BCUT2D eigenvalue weighted by Crippen LogP contribution is 2.35. The number of hydrogen-bond acceptors (Lipinski definition) is 3. The largest absolute Gasteiger partial charge is 0.493 e. The Bertz CT molecular complexity index is 711. The summed E-state index contributed by atoms with van der Waals surface area (Å²) in [6.07, 6.45) is 1.77. The number of nitrogens with zero attached hydrogens (tertiary/aromatic N) is 1. The Kier molecular flexibility index (Phi) is 3.50. The van der Waals surface area contributed by atoms with Crippen LogP contribution in [0.2, 0.25) is 0 Å². The van der Waals surface area contributed by atoms with Gasteiger partial charge in [0.15, 0.2) is 11.5 Å². The van der Waals surface area contributed by atoms with E-state index in [-0.39, 0.29) is 0 Å². The van der Waals surface area contributed by atoms with Gasteiger partial charge in [0.1, 0.15) is 6.61 Å². The van der Waals surface area contributed by atoms with E-state index in [2.05, 4.69) is 4.98 Å². The predicted octanol–water partition coefficient (Wildman–Crippen LogP) is 3.82. The van der Waals surface area contributed by atoms with Crippen molar-refractivity contribution in [3.05, 3.63) is 66.4 Å². The molecule has 20 heavy (non-hydrogen) atoms. The fourth-order valence-electron chi connectivity index (χ4n) is 2.14. The third-order valence-electron chi connectivity index (χ3n) is 3.15. The Morgan fingerprint density at radius 1 is 0.950 bits per heavy atom. The molecule has 0 aliphatic heterocycles. The average molecular weight is 265 g/mol. The van der Waals surface area contributed by atoms with E-state index in [1.807, 2.05) is 54.6 Å². The molecule has 1 aromatic heterocycles. The van der Waals surface area contributed by atoms with Gasteiger partial charge in [-0.3, -0.25) is 4.98 Å². The van der Waals surface area contributed by atoms with Gasteiger partial charge in [0.05, 0.1) is 12.6 Å². The molecular formula is C17H15NO2. The van der Waals surface area contributed by atoms with Gasteiger partial charge in [-0.1, -0.05) is 30.3 Å². The van der Waals surface area contributed by atoms with Crippen LogP contribution >= 0.6 is 0 Å². The van der Waals surface area contributed by atoms with Gasteiger partial charge in [0, 0.05) is 11.6 Å². The highest BCUT2D eigenvalue weighted by Gasteiger charge is 2.10. The van der Waals surface area contributed by atoms with Crippen molar-refractivity contribution in [2.24, 2.45) is 0 Å². The van der Waals surface area contributed by atoms with Crippen molar-refractivity contribution >= 4 is 10.9 Å². The van der Waals surface area contributed by atoms with Crippen molar-refractivity contribution in [1.29, 1.82) is 0 Å². The van der Waals surface area contributed by atoms with Crippen molar-refractivity contribution in [2.75, 3.05) is 7.11 Å². The van der Waals surface area contributed by atoms with Crippen LogP contribution in [0.3, 0.4) is 0 Å². The lowest BCUT2D eigenvalue weighted by atomic mass is 10.2. The highest BCUT2D eigenvalue weighted by molar-refractivity contribution is 5.87. The van der Waals surface area contributed by atoms with Crippen LogP contribution in [0.15, 0.2) is 60.8 Å². The van der Waals surface area contributed by atoms with Gasteiger partial charge >= 0.3 is 0 Å². The van der Waals surface area contributed by atoms with Crippen LogP contribution in [-0.4, -0.2) is 12.1 Å². The molecule has 100 valence electrons. The van der Waals surface area contributed by atoms with Crippen molar-refractivity contribution in [1.82, 2.24) is 4.98 Å². The fourth-order valence-corrected chi connectivity index (χ4v) is 2.14. The minimum atomic E-state index is 0.505. The number of hydrogen-bond donors (Lipinski definition) is 0. The molecule has 0 fully saturated rings. The van der Waals surface area contributed by atoms with Crippen LogP contribution in [0.1, 0.15) is 5.56 Å². The Labute approximate surface area is 117 Å². The van der Waals surface area contributed by atoms with E-state index in [1.165, 1.54) is 0 Å². The van der Waals surface area contributed by atoms with Crippen LogP contribution in [0, 0.1) is 0 Å². The Hall–Kier alpha value is -2.55. The summed E-state index contributed by atoms with van der Waals surface area (Å²) in [6, 6.07) is 17.8. The minimum Gasteiger partial charge on any atom is -0.493 e. The molecule has 0 aliphatic rings. The number of aromatic nitrogens is 1. The Morgan fingerprint density at radius 3 is 2.60 bits per heavy atom. The number of rotatable bonds is 4. The number of ether oxygens (including phenoxy) is 2. The van der Waals surface area contributed by atoms with Gasteiger partial charge in [-0.25, -0.2) is 0 Å². The van der Waals surface area contributed by atoms with E-state index in [0.29, 0.717) is 6.61 Å². The molecule has 0 unspecified atom stereocenters. The van der Waals surface area contributed by atoms with Gasteiger partial charge in [0.25, 0.3) is 0 Å². The van der Waals surface area contributed by atoms with E-state index in [1.54, 1.807) is 13.3 Å². The van der Waals surface area contributed by atoms with Crippen LogP contribution in [0.4, 0.5) is 0 Å². The molecule has 0 saturated carbocycles. The lowest BCUT2D eigenvalue weighted by Gasteiger charge is -2.13. The molecule has 0 saturated heterocycles. The van der Waals surface area contributed by atoms with E-state index < -0.39 is 0 Å². The first-order chi connectivity index (χ1) is 9.88. The maximum Gasteiger partial charge on any atom is 0.171 e. The summed E-state index contributed by atoms with van der Waals surface area (Å²) >= 11 is 0. The second kappa shape index (κ2) is 5.61. The van der Waals surface area contributed by atoms with Gasteiger partial charge in [-0.05, 0) is 29.8 Å². The average Bonchev–Trinajstić information content (AvgIpc) is 2.53. The second-order valence-corrected chi connectivity index (χ2v) is 4.44. The SMILES string of the molecule is COc1ccc2ncccc2c1OCc1ccccc1. The van der Waals surface area contributed by atoms with Crippen LogP contribution in [-0.2, 0) is 6.61 Å². The van der Waals surface area contributed by atoms with E-state index in [0.717, 1.165) is 28.0 Å². The zero-order valence-electron chi connectivity index (χ0n) is 11.2. The van der Waals surface area contributed by atoms with E-state index >= 15 is 0 Å². The summed E-state index contributed by atoms with van der Waals surface area (Å²) < 4.78 is 11.4. The molecule has 1 heterocycles. The van der Waals surface area contributed by atoms with Gasteiger partial charge in [0.2, 0.25) is 0 Å². The molecular weight excluding hydrogens is 250 g/mol. The monoisotopic (exact) mass is 265 g/mol. The zero-order chi connectivity index (χ0) is 13.8. The third kappa shape index (κ3) is 2.43. The Morgan fingerprint density at radius 2 is 1.80 bits per heavy atom. The van der Waals surface area contributed by atoms with Crippen molar-refractivity contribution in [2.45, 2.75) is 6.61 Å². The van der Waals surface area contributed by atoms with E-state index in [9.17, 15) is 0 Å². The maximum absolute atomic E-state index is 5.96. The first kappa shape index (κ1) is 12.5. The molecule has 0 spiro atoms. The van der Waals surface area contributed by atoms with Crippen molar-refractivity contribution < 1.29 is 9.47 Å². The van der Waals surface area contributed by atoms with Crippen molar-refractivity contribution in [3.63, 3.8) is 0 Å². The molecule has 0 aliphatic carbocycles.